The largest absolute Gasteiger partial charge is 0.508 e. The van der Waals surface area contributed by atoms with Gasteiger partial charge in [0.1, 0.15) is 17.8 Å². The normalized spacial score (nSPS) is 13.6. The molecule has 0 aliphatic carbocycles. The molecule has 0 saturated heterocycles. The number of phenols is 1. The molecule has 0 fully saturated rings. The highest BCUT2D eigenvalue weighted by molar-refractivity contribution is 5.94. The molecule has 1 aromatic rings. The van der Waals surface area contributed by atoms with Crippen molar-refractivity contribution in [1.29, 1.82) is 0 Å². The highest BCUT2D eigenvalue weighted by Gasteiger charge is 2.29. The molecule has 0 aliphatic rings. The van der Waals surface area contributed by atoms with E-state index in [4.69, 9.17) is 22.3 Å². The molecule has 0 aromatic heterocycles. The molecule has 0 heterocycles. The Morgan fingerprint density at radius 2 is 1.38 bits per heavy atom. The molecule has 12 heteroatoms. The van der Waals surface area contributed by atoms with Crippen molar-refractivity contribution in [3.8, 4) is 5.75 Å². The van der Waals surface area contributed by atoms with Crippen molar-refractivity contribution in [1.82, 2.24) is 10.6 Å². The predicted octanol–water partition coefficient (Wildman–Crippen LogP) is -2.93. The van der Waals surface area contributed by atoms with Gasteiger partial charge in [0.05, 0.1) is 18.9 Å². The minimum atomic E-state index is -1.60. The maximum Gasteiger partial charge on any atom is 0.326 e. The molecular formula is C17H23N5O7. The van der Waals surface area contributed by atoms with Crippen LogP contribution in [-0.4, -0.2) is 57.9 Å². The van der Waals surface area contributed by atoms with E-state index in [1.54, 1.807) is 0 Å². The van der Waals surface area contributed by atoms with Crippen molar-refractivity contribution < 1.29 is 34.2 Å². The Labute approximate surface area is 165 Å². The second-order valence-corrected chi connectivity index (χ2v) is 6.28. The lowest BCUT2D eigenvalue weighted by Crippen LogP contribution is -2.56. The number of phenolic OH excluding ortho intramolecular Hbond substituents is 1. The van der Waals surface area contributed by atoms with Crippen LogP contribution in [0.5, 0.6) is 5.75 Å². The lowest BCUT2D eigenvalue weighted by Gasteiger charge is -2.22. The Morgan fingerprint density at radius 1 is 0.862 bits per heavy atom. The fourth-order valence-corrected chi connectivity index (χ4v) is 2.34. The Morgan fingerprint density at radius 3 is 1.86 bits per heavy atom. The number of carbonyl (C=O) groups is 5. The van der Waals surface area contributed by atoms with Gasteiger partial charge in [0.25, 0.3) is 0 Å². The van der Waals surface area contributed by atoms with Gasteiger partial charge in [-0.2, -0.15) is 0 Å². The molecule has 1 rings (SSSR count). The van der Waals surface area contributed by atoms with E-state index in [-0.39, 0.29) is 12.2 Å². The maximum atomic E-state index is 12.6. The number of hydrogen-bond acceptors (Lipinski definition) is 7. The summed E-state index contributed by atoms with van der Waals surface area (Å²) in [5.74, 6) is -5.04. The van der Waals surface area contributed by atoms with Crippen molar-refractivity contribution in [2.45, 2.75) is 37.4 Å². The number of benzene rings is 1. The van der Waals surface area contributed by atoms with Gasteiger partial charge in [-0.15, -0.1) is 0 Å². The highest BCUT2D eigenvalue weighted by Crippen LogP contribution is 2.12. The number of carbonyl (C=O) groups excluding carboxylic acids is 4. The minimum Gasteiger partial charge on any atom is -0.508 e. The van der Waals surface area contributed by atoms with E-state index in [9.17, 15) is 29.1 Å². The molecule has 3 atom stereocenters. The molecule has 29 heavy (non-hydrogen) atoms. The van der Waals surface area contributed by atoms with Crippen LogP contribution in [-0.2, 0) is 30.4 Å². The van der Waals surface area contributed by atoms with Crippen molar-refractivity contribution in [3.05, 3.63) is 29.8 Å². The first-order valence-corrected chi connectivity index (χ1v) is 8.43. The predicted molar refractivity (Wildman–Crippen MR) is 98.9 cm³/mol. The summed E-state index contributed by atoms with van der Waals surface area (Å²) in [6.07, 6.45) is -1.20. The average Bonchev–Trinajstić information content (AvgIpc) is 2.61. The number of rotatable bonds is 11. The van der Waals surface area contributed by atoms with Gasteiger partial charge in [-0.3, -0.25) is 19.2 Å². The van der Waals surface area contributed by atoms with Gasteiger partial charge in [0.2, 0.25) is 23.6 Å². The lowest BCUT2D eigenvalue weighted by atomic mass is 10.0. The quantitative estimate of drug-likeness (QED) is 0.199. The first-order valence-electron chi connectivity index (χ1n) is 8.43. The molecular weight excluding hydrogens is 386 g/mol. The van der Waals surface area contributed by atoms with Crippen molar-refractivity contribution in [2.75, 3.05) is 0 Å². The standard InChI is InChI=1S/C17H23N5O7/c18-10(6-13(19)24)15(26)21-11(5-8-1-3-9(23)4-2-8)16(27)22-12(17(28)29)7-14(20)25/h1-4,10-12,23H,5-7,18H2,(H2,19,24)(H2,20,25)(H,21,26)(H,22,27)(H,28,29)/t10-,11-,12-/m0/s1. The number of aromatic hydroxyl groups is 1. The van der Waals surface area contributed by atoms with Crippen LogP contribution in [0.2, 0.25) is 0 Å². The Bertz CT molecular complexity index is 781. The number of aliphatic carboxylic acids is 1. The second kappa shape index (κ2) is 10.6. The summed E-state index contributed by atoms with van der Waals surface area (Å²) in [7, 11) is 0. The summed E-state index contributed by atoms with van der Waals surface area (Å²) in [6, 6.07) is 1.49. The number of hydrogen-bond donors (Lipinski definition) is 7. The van der Waals surface area contributed by atoms with Gasteiger partial charge in [-0.1, -0.05) is 12.1 Å². The van der Waals surface area contributed by atoms with Gasteiger partial charge >= 0.3 is 5.97 Å². The van der Waals surface area contributed by atoms with Gasteiger partial charge in [0, 0.05) is 6.42 Å². The van der Waals surface area contributed by atoms with Crippen LogP contribution in [0.25, 0.3) is 0 Å². The first-order chi connectivity index (χ1) is 13.5. The first kappa shape index (κ1) is 23.4. The summed E-state index contributed by atoms with van der Waals surface area (Å²) in [4.78, 5) is 57.9. The van der Waals surface area contributed by atoms with E-state index in [1.807, 2.05) is 0 Å². The Hall–Kier alpha value is -3.67. The molecule has 10 N–H and O–H groups in total. The fraction of sp³-hybridized carbons (Fsp3) is 0.353. The zero-order valence-corrected chi connectivity index (χ0v) is 15.3. The molecule has 0 radical (unpaired) electrons. The lowest BCUT2D eigenvalue weighted by molar-refractivity contribution is -0.143. The number of nitrogens with one attached hydrogen (secondary N) is 2. The van der Waals surface area contributed by atoms with Crippen molar-refractivity contribution in [3.63, 3.8) is 0 Å². The summed E-state index contributed by atoms with van der Waals surface area (Å²) < 4.78 is 0. The topological polar surface area (TPSA) is 228 Å². The van der Waals surface area contributed by atoms with Crippen LogP contribution in [0.4, 0.5) is 0 Å². The van der Waals surface area contributed by atoms with Crippen LogP contribution in [0, 0.1) is 0 Å². The van der Waals surface area contributed by atoms with Gasteiger partial charge in [-0.05, 0) is 17.7 Å². The molecule has 0 aliphatic heterocycles. The second-order valence-electron chi connectivity index (χ2n) is 6.28. The summed E-state index contributed by atoms with van der Waals surface area (Å²) in [5.41, 5.74) is 16.1. The van der Waals surface area contributed by atoms with Gasteiger partial charge in [0.15, 0.2) is 0 Å². The molecule has 12 nitrogen and oxygen atoms in total. The van der Waals surface area contributed by atoms with E-state index in [0.29, 0.717) is 5.56 Å². The van der Waals surface area contributed by atoms with E-state index in [0.717, 1.165) is 0 Å². The number of carboxylic acid groups (broad SMARTS) is 1. The molecule has 4 amide bonds. The van der Waals surface area contributed by atoms with Crippen molar-refractivity contribution >= 4 is 29.6 Å². The third-order valence-electron chi connectivity index (χ3n) is 3.79. The highest BCUT2D eigenvalue weighted by atomic mass is 16.4. The van der Waals surface area contributed by atoms with Crippen LogP contribution in [0.15, 0.2) is 24.3 Å². The monoisotopic (exact) mass is 409 g/mol. The smallest absolute Gasteiger partial charge is 0.326 e. The third-order valence-corrected chi connectivity index (χ3v) is 3.79. The molecule has 1 aromatic carbocycles. The number of carboxylic acids is 1. The fourth-order valence-electron chi connectivity index (χ4n) is 2.34. The van der Waals surface area contributed by atoms with Crippen LogP contribution in [0.3, 0.4) is 0 Å². The van der Waals surface area contributed by atoms with Crippen LogP contribution < -0.4 is 27.8 Å². The van der Waals surface area contributed by atoms with Crippen LogP contribution in [0.1, 0.15) is 18.4 Å². The maximum absolute atomic E-state index is 12.6. The molecule has 158 valence electrons. The molecule has 0 spiro atoms. The number of amides is 4. The number of primary amides is 2. The summed E-state index contributed by atoms with van der Waals surface area (Å²) >= 11 is 0. The van der Waals surface area contributed by atoms with E-state index in [1.165, 1.54) is 24.3 Å². The summed E-state index contributed by atoms with van der Waals surface area (Å²) in [6.45, 7) is 0. The Kier molecular flexibility index (Phi) is 8.55. The zero-order valence-electron chi connectivity index (χ0n) is 15.3. The van der Waals surface area contributed by atoms with Gasteiger partial charge < -0.3 is 38.0 Å². The average molecular weight is 409 g/mol. The molecule has 0 unspecified atom stereocenters. The Balaban J connectivity index is 3.00. The van der Waals surface area contributed by atoms with Crippen molar-refractivity contribution in [2.24, 2.45) is 17.2 Å². The summed E-state index contributed by atoms with van der Waals surface area (Å²) in [5, 5.41) is 22.9. The number of nitrogens with two attached hydrogens (primary N) is 3. The molecule has 0 bridgehead atoms. The van der Waals surface area contributed by atoms with E-state index in [2.05, 4.69) is 10.6 Å². The zero-order chi connectivity index (χ0) is 22.1. The third kappa shape index (κ3) is 8.26. The van der Waals surface area contributed by atoms with Crippen LogP contribution >= 0.6 is 0 Å². The minimum absolute atomic E-state index is 0.0188. The molecule has 0 saturated carbocycles. The van der Waals surface area contributed by atoms with Gasteiger partial charge in [-0.25, -0.2) is 4.79 Å². The SMILES string of the molecule is NC(=O)C[C@H](NC(=O)[C@H](Cc1ccc(O)cc1)NC(=O)[C@@H](N)CC(N)=O)C(=O)O. The van der Waals surface area contributed by atoms with E-state index < -0.39 is 60.6 Å². The van der Waals surface area contributed by atoms with E-state index >= 15 is 0 Å².